The van der Waals surface area contributed by atoms with Crippen LogP contribution in [0.4, 0.5) is 0 Å². The SMILES string of the molecule is NC(=O)CCCCCc1oc2cc(OCc3ccccc3)ccc2c1C(=O)c1cc(Br)c(O)c(Br)c1. The number of ketones is 1. The van der Waals surface area contributed by atoms with Crippen LogP contribution >= 0.6 is 31.9 Å². The fraction of sp³-hybridized carbons (Fsp3) is 0.214. The molecular weight excluding hydrogens is 590 g/mol. The van der Waals surface area contributed by atoms with E-state index in [1.165, 1.54) is 0 Å². The van der Waals surface area contributed by atoms with Crippen LogP contribution in [0.3, 0.4) is 0 Å². The number of aryl methyl sites for hydroxylation is 1. The maximum absolute atomic E-state index is 13.7. The van der Waals surface area contributed by atoms with Gasteiger partial charge in [-0.15, -0.1) is 0 Å². The van der Waals surface area contributed by atoms with Crippen molar-refractivity contribution in [2.24, 2.45) is 5.73 Å². The van der Waals surface area contributed by atoms with Gasteiger partial charge in [-0.2, -0.15) is 0 Å². The number of carbonyl (C=O) groups excluding carboxylic acids is 2. The zero-order valence-electron chi connectivity index (χ0n) is 19.4. The predicted octanol–water partition coefficient (Wildman–Crippen LogP) is 7.06. The molecule has 186 valence electrons. The van der Waals surface area contributed by atoms with E-state index in [0.717, 1.165) is 18.4 Å². The first kappa shape index (κ1) is 26.0. The molecule has 0 saturated carbocycles. The molecule has 0 atom stereocenters. The van der Waals surface area contributed by atoms with E-state index in [9.17, 15) is 14.7 Å². The van der Waals surface area contributed by atoms with Crippen molar-refractivity contribution in [3.63, 3.8) is 0 Å². The van der Waals surface area contributed by atoms with Crippen molar-refractivity contribution in [1.29, 1.82) is 0 Å². The average Bonchev–Trinajstić information content (AvgIpc) is 3.22. The number of primary amides is 1. The van der Waals surface area contributed by atoms with Crippen LogP contribution in [-0.2, 0) is 17.8 Å². The molecule has 3 N–H and O–H groups in total. The molecule has 0 radical (unpaired) electrons. The first-order chi connectivity index (χ1) is 17.3. The second-order valence-corrected chi connectivity index (χ2v) is 10.2. The van der Waals surface area contributed by atoms with Crippen LogP contribution in [0.25, 0.3) is 11.0 Å². The second-order valence-electron chi connectivity index (χ2n) is 8.48. The third-order valence-corrected chi connectivity index (χ3v) is 7.02. The lowest BCUT2D eigenvalue weighted by Crippen LogP contribution is -2.09. The molecule has 36 heavy (non-hydrogen) atoms. The van der Waals surface area contributed by atoms with Crippen LogP contribution in [0.1, 0.15) is 52.9 Å². The standard InChI is InChI=1S/C28H25Br2NO5/c29-21-13-18(14-22(30)28(21)34)27(33)26-20-12-11-19(35-16-17-7-3-1-4-8-17)15-24(20)36-23(26)9-5-2-6-10-25(31)32/h1,3-4,7-8,11-15,34H,2,5-6,9-10,16H2,(H2,31,32). The molecule has 8 heteroatoms. The molecule has 6 nitrogen and oxygen atoms in total. The van der Waals surface area contributed by atoms with Gasteiger partial charge in [0.2, 0.25) is 5.91 Å². The summed E-state index contributed by atoms with van der Waals surface area (Å²) in [5.74, 6) is 0.719. The number of hydrogen-bond acceptors (Lipinski definition) is 5. The maximum Gasteiger partial charge on any atom is 0.217 e. The third kappa shape index (κ3) is 6.17. The van der Waals surface area contributed by atoms with Gasteiger partial charge in [0.15, 0.2) is 5.78 Å². The van der Waals surface area contributed by atoms with Crippen LogP contribution in [0.5, 0.6) is 11.5 Å². The number of unbranched alkanes of at least 4 members (excludes halogenated alkanes) is 2. The Balaban J connectivity index is 1.64. The highest BCUT2D eigenvalue weighted by molar-refractivity contribution is 9.11. The lowest BCUT2D eigenvalue weighted by Gasteiger charge is -2.07. The summed E-state index contributed by atoms with van der Waals surface area (Å²) < 4.78 is 13.0. The van der Waals surface area contributed by atoms with Gasteiger partial charge >= 0.3 is 0 Å². The molecule has 0 saturated heterocycles. The van der Waals surface area contributed by atoms with Gasteiger partial charge in [0, 0.05) is 29.9 Å². The molecule has 0 spiro atoms. The van der Waals surface area contributed by atoms with Crippen LogP contribution in [0.2, 0.25) is 0 Å². The summed E-state index contributed by atoms with van der Waals surface area (Å²) in [5.41, 5.74) is 7.74. The van der Waals surface area contributed by atoms with Crippen LogP contribution in [0, 0.1) is 0 Å². The van der Waals surface area contributed by atoms with Crippen molar-refractivity contribution < 1.29 is 23.8 Å². The molecule has 4 rings (SSSR count). The minimum Gasteiger partial charge on any atom is -0.506 e. The first-order valence-electron chi connectivity index (χ1n) is 11.6. The molecule has 1 heterocycles. The number of halogens is 2. The minimum absolute atomic E-state index is 0.0264. The van der Waals surface area contributed by atoms with Crippen LogP contribution in [0.15, 0.2) is 74.0 Å². The zero-order chi connectivity index (χ0) is 25.7. The number of furan rings is 1. The zero-order valence-corrected chi connectivity index (χ0v) is 22.6. The number of phenolic OH excluding ortho intramolecular Hbond substituents is 1. The number of hydrogen-bond donors (Lipinski definition) is 2. The Bertz CT molecular complexity index is 1380. The van der Waals surface area contributed by atoms with Gasteiger partial charge in [0.1, 0.15) is 29.4 Å². The van der Waals surface area contributed by atoms with E-state index in [4.69, 9.17) is 14.9 Å². The van der Waals surface area contributed by atoms with E-state index in [1.807, 2.05) is 42.5 Å². The van der Waals surface area contributed by atoms with Gasteiger partial charge in [-0.3, -0.25) is 9.59 Å². The molecule has 1 aromatic heterocycles. The number of rotatable bonds is 11. The summed E-state index contributed by atoms with van der Waals surface area (Å²) in [5, 5.41) is 10.8. The Labute approximate surface area is 225 Å². The van der Waals surface area contributed by atoms with Crippen LogP contribution < -0.4 is 10.5 Å². The Morgan fingerprint density at radius 2 is 1.67 bits per heavy atom. The summed E-state index contributed by atoms with van der Waals surface area (Å²) >= 11 is 6.61. The number of fused-ring (bicyclic) bond motifs is 1. The summed E-state index contributed by atoms with van der Waals surface area (Å²) in [7, 11) is 0. The highest BCUT2D eigenvalue weighted by atomic mass is 79.9. The van der Waals surface area contributed by atoms with Gasteiger partial charge in [0.05, 0.1) is 14.5 Å². The largest absolute Gasteiger partial charge is 0.506 e. The quantitative estimate of drug-likeness (QED) is 0.139. The summed E-state index contributed by atoms with van der Waals surface area (Å²) in [6, 6.07) is 18.5. The summed E-state index contributed by atoms with van der Waals surface area (Å²) in [4.78, 5) is 24.7. The molecule has 0 aliphatic heterocycles. The number of amides is 1. The normalized spacial score (nSPS) is 11.1. The molecule has 1 amide bonds. The van der Waals surface area contributed by atoms with E-state index in [2.05, 4.69) is 31.9 Å². The Morgan fingerprint density at radius 1 is 0.944 bits per heavy atom. The molecule has 0 bridgehead atoms. The predicted molar refractivity (Wildman–Crippen MR) is 145 cm³/mol. The summed E-state index contributed by atoms with van der Waals surface area (Å²) in [6.45, 7) is 0.418. The average molecular weight is 615 g/mol. The highest BCUT2D eigenvalue weighted by Gasteiger charge is 2.23. The fourth-order valence-corrected chi connectivity index (χ4v) is 5.17. The molecule has 3 aromatic carbocycles. The smallest absolute Gasteiger partial charge is 0.217 e. The first-order valence-corrected chi connectivity index (χ1v) is 13.1. The van der Waals surface area contributed by atoms with E-state index in [-0.39, 0.29) is 17.4 Å². The van der Waals surface area contributed by atoms with Gasteiger partial charge in [-0.1, -0.05) is 36.8 Å². The van der Waals surface area contributed by atoms with Gasteiger partial charge < -0.3 is 20.0 Å². The molecule has 0 aliphatic carbocycles. The number of carbonyl (C=O) groups is 2. The lowest BCUT2D eigenvalue weighted by atomic mass is 9.98. The van der Waals surface area contributed by atoms with Crippen molar-refractivity contribution in [2.75, 3.05) is 0 Å². The van der Waals surface area contributed by atoms with E-state index in [1.54, 1.807) is 18.2 Å². The van der Waals surface area contributed by atoms with Crippen molar-refractivity contribution in [3.05, 3.63) is 92.1 Å². The van der Waals surface area contributed by atoms with Crippen molar-refractivity contribution in [3.8, 4) is 11.5 Å². The molecule has 0 unspecified atom stereocenters. The topological polar surface area (TPSA) is 103 Å². The summed E-state index contributed by atoms with van der Waals surface area (Å²) in [6.07, 6.45) is 3.09. The van der Waals surface area contributed by atoms with Gasteiger partial charge in [-0.25, -0.2) is 0 Å². The van der Waals surface area contributed by atoms with Crippen molar-refractivity contribution >= 4 is 54.5 Å². The van der Waals surface area contributed by atoms with Gasteiger partial charge in [-0.05, 0) is 74.5 Å². The van der Waals surface area contributed by atoms with Gasteiger partial charge in [0.25, 0.3) is 0 Å². The number of benzene rings is 3. The minimum atomic E-state index is -0.318. The maximum atomic E-state index is 13.7. The number of nitrogens with two attached hydrogens (primary N) is 1. The second kappa shape index (κ2) is 11.8. The number of ether oxygens (including phenoxy) is 1. The number of phenols is 1. The molecule has 0 fully saturated rings. The van der Waals surface area contributed by atoms with E-state index in [0.29, 0.717) is 68.4 Å². The van der Waals surface area contributed by atoms with E-state index < -0.39 is 0 Å². The highest BCUT2D eigenvalue weighted by Crippen LogP contribution is 2.37. The Kier molecular flexibility index (Phi) is 8.48. The Morgan fingerprint density at radius 3 is 2.36 bits per heavy atom. The number of aromatic hydroxyl groups is 1. The van der Waals surface area contributed by atoms with Crippen LogP contribution in [-0.4, -0.2) is 16.8 Å². The van der Waals surface area contributed by atoms with Crippen molar-refractivity contribution in [2.45, 2.75) is 38.7 Å². The van der Waals surface area contributed by atoms with E-state index >= 15 is 0 Å². The molecule has 4 aromatic rings. The lowest BCUT2D eigenvalue weighted by molar-refractivity contribution is -0.118. The molecular formula is C28H25Br2NO5. The molecule has 0 aliphatic rings. The Hall–Kier alpha value is -3.10. The fourth-order valence-electron chi connectivity index (χ4n) is 3.99. The van der Waals surface area contributed by atoms with Crippen molar-refractivity contribution in [1.82, 2.24) is 0 Å². The third-order valence-electron chi connectivity index (χ3n) is 5.82. The monoisotopic (exact) mass is 613 g/mol.